The number of fused-ring (bicyclic) bond motifs is 3. The van der Waals surface area contributed by atoms with E-state index in [1.807, 2.05) is 73.0 Å². The smallest absolute Gasteiger partial charge is 0.338 e. The van der Waals surface area contributed by atoms with Gasteiger partial charge in [0.05, 0.1) is 18.2 Å². The van der Waals surface area contributed by atoms with Crippen LogP contribution in [-0.2, 0) is 0 Å². The number of hydrogen-bond donors (Lipinski definition) is 1. The minimum absolute atomic E-state index is 0.310. The van der Waals surface area contributed by atoms with Crippen molar-refractivity contribution in [2.24, 2.45) is 0 Å². The Morgan fingerprint density at radius 1 is 0.962 bits per heavy atom. The first-order valence-corrected chi connectivity index (χ1v) is 8.44. The summed E-state index contributed by atoms with van der Waals surface area (Å²) in [7, 11) is 1.61. The fourth-order valence-corrected chi connectivity index (χ4v) is 3.69. The molecule has 0 unspecified atom stereocenters. The summed E-state index contributed by atoms with van der Waals surface area (Å²) in [5, 5.41) is 12.5. The van der Waals surface area contributed by atoms with Crippen LogP contribution < -0.4 is 4.74 Å². The highest BCUT2D eigenvalue weighted by molar-refractivity contribution is 6.16. The van der Waals surface area contributed by atoms with Gasteiger partial charge in [-0.3, -0.25) is 0 Å². The molecule has 0 amide bonds. The van der Waals surface area contributed by atoms with Crippen molar-refractivity contribution in [2.75, 3.05) is 7.11 Å². The monoisotopic (exact) mass is 345 g/mol. The highest BCUT2D eigenvalue weighted by Gasteiger charge is 2.23. The fraction of sp³-hybridized carbons (Fsp3) is 0.136. The van der Waals surface area contributed by atoms with Crippen molar-refractivity contribution in [1.29, 1.82) is 0 Å². The topological polar surface area (TPSA) is 51.5 Å². The Hall–Kier alpha value is -3.27. The Morgan fingerprint density at radius 2 is 1.62 bits per heavy atom. The lowest BCUT2D eigenvalue weighted by atomic mass is 10.0. The average molecular weight is 345 g/mol. The molecule has 0 fully saturated rings. The fourth-order valence-electron chi connectivity index (χ4n) is 3.69. The maximum Gasteiger partial charge on any atom is 0.338 e. The second kappa shape index (κ2) is 5.92. The van der Waals surface area contributed by atoms with E-state index in [-0.39, 0.29) is 0 Å². The molecule has 4 heteroatoms. The molecular formula is C22H19NO3. The number of carbonyl (C=O) groups is 1. The van der Waals surface area contributed by atoms with Gasteiger partial charge in [-0.2, -0.15) is 0 Å². The Morgan fingerprint density at radius 3 is 2.23 bits per heavy atom. The van der Waals surface area contributed by atoms with Crippen molar-refractivity contribution in [3.63, 3.8) is 0 Å². The van der Waals surface area contributed by atoms with Gasteiger partial charge in [0.1, 0.15) is 5.75 Å². The third-order valence-corrected chi connectivity index (χ3v) is 4.89. The molecule has 0 bridgehead atoms. The van der Waals surface area contributed by atoms with Gasteiger partial charge < -0.3 is 14.4 Å². The van der Waals surface area contributed by atoms with Crippen molar-refractivity contribution in [2.45, 2.75) is 13.8 Å². The van der Waals surface area contributed by atoms with Crippen molar-refractivity contribution in [1.82, 2.24) is 4.57 Å². The number of hydrogen-bond acceptors (Lipinski definition) is 2. The summed E-state index contributed by atoms with van der Waals surface area (Å²) in [5.41, 5.74) is 4.01. The summed E-state index contributed by atoms with van der Waals surface area (Å²) in [6.45, 7) is 3.89. The number of nitrogens with zero attached hydrogens (tertiary/aromatic N) is 1. The molecular weight excluding hydrogens is 326 g/mol. The summed E-state index contributed by atoms with van der Waals surface area (Å²) < 4.78 is 7.57. The van der Waals surface area contributed by atoms with Crippen LogP contribution in [0, 0.1) is 13.8 Å². The minimum atomic E-state index is -0.935. The van der Waals surface area contributed by atoms with Crippen molar-refractivity contribution in [3.05, 3.63) is 71.4 Å². The van der Waals surface area contributed by atoms with E-state index < -0.39 is 5.97 Å². The maximum absolute atomic E-state index is 12.0. The number of carboxylic acid groups (broad SMARTS) is 1. The first kappa shape index (κ1) is 16.2. The average Bonchev–Trinajstić information content (AvgIpc) is 2.94. The highest BCUT2D eigenvalue weighted by atomic mass is 16.5. The predicted octanol–water partition coefficient (Wildman–Crippen LogP) is 5.11. The lowest BCUT2D eigenvalue weighted by Crippen LogP contribution is -2.01. The number of aromatic nitrogens is 1. The zero-order chi connectivity index (χ0) is 18.4. The summed E-state index contributed by atoms with van der Waals surface area (Å²) in [6, 6.07) is 17.9. The number of carboxylic acids is 1. The summed E-state index contributed by atoms with van der Waals surface area (Å²) in [5.74, 6) is -0.257. The molecule has 4 aromatic rings. The van der Waals surface area contributed by atoms with Gasteiger partial charge in [0, 0.05) is 27.5 Å². The molecule has 0 aliphatic rings. The van der Waals surface area contributed by atoms with E-state index in [1.54, 1.807) is 7.11 Å². The number of aryl methyl sites for hydroxylation is 1. The molecule has 26 heavy (non-hydrogen) atoms. The van der Waals surface area contributed by atoms with Crippen LogP contribution in [0.5, 0.6) is 5.75 Å². The molecule has 4 nitrogen and oxygen atoms in total. The SMILES string of the molecule is COc1cc2c(C(=O)O)c(C)n(-c3ccc(C)cc3)c2c2ccccc12. The van der Waals surface area contributed by atoms with Crippen LogP contribution in [0.25, 0.3) is 27.4 Å². The first-order chi connectivity index (χ1) is 12.5. The van der Waals surface area contributed by atoms with Crippen LogP contribution in [0.2, 0.25) is 0 Å². The number of ether oxygens (including phenoxy) is 1. The van der Waals surface area contributed by atoms with Crippen LogP contribution in [0.1, 0.15) is 21.6 Å². The van der Waals surface area contributed by atoms with E-state index in [2.05, 4.69) is 0 Å². The lowest BCUT2D eigenvalue weighted by molar-refractivity contribution is 0.0698. The van der Waals surface area contributed by atoms with Crippen molar-refractivity contribution >= 4 is 27.6 Å². The third-order valence-electron chi connectivity index (χ3n) is 4.89. The summed E-state index contributed by atoms with van der Waals surface area (Å²) >= 11 is 0. The van der Waals surface area contributed by atoms with Crippen LogP contribution in [0.3, 0.4) is 0 Å². The number of rotatable bonds is 3. The Bertz CT molecular complexity index is 1150. The molecule has 0 atom stereocenters. The Kier molecular flexibility index (Phi) is 3.69. The molecule has 1 aromatic heterocycles. The molecule has 0 radical (unpaired) electrons. The van der Waals surface area contributed by atoms with E-state index in [0.717, 1.165) is 27.5 Å². The van der Waals surface area contributed by atoms with E-state index in [0.29, 0.717) is 22.4 Å². The maximum atomic E-state index is 12.0. The molecule has 130 valence electrons. The Labute approximate surface area is 151 Å². The van der Waals surface area contributed by atoms with Crippen molar-refractivity contribution < 1.29 is 14.6 Å². The van der Waals surface area contributed by atoms with Crippen LogP contribution >= 0.6 is 0 Å². The molecule has 0 aliphatic heterocycles. The summed E-state index contributed by atoms with van der Waals surface area (Å²) in [4.78, 5) is 12.0. The van der Waals surface area contributed by atoms with Gasteiger partial charge in [-0.25, -0.2) is 4.79 Å². The van der Waals surface area contributed by atoms with Crippen LogP contribution in [-0.4, -0.2) is 22.8 Å². The molecule has 3 aromatic carbocycles. The summed E-state index contributed by atoms with van der Waals surface area (Å²) in [6.07, 6.45) is 0. The Balaban J connectivity index is 2.25. The van der Waals surface area contributed by atoms with Gasteiger partial charge in [0.2, 0.25) is 0 Å². The highest BCUT2D eigenvalue weighted by Crippen LogP contribution is 2.39. The number of benzene rings is 3. The van der Waals surface area contributed by atoms with Gasteiger partial charge in [-0.05, 0) is 32.0 Å². The standard InChI is InChI=1S/C22H19NO3/c1-13-8-10-15(11-9-13)23-14(2)20(22(24)25)18-12-19(26-3)16-6-4-5-7-17(16)21(18)23/h4-12H,1-3H3,(H,24,25). The third kappa shape index (κ3) is 2.26. The molecule has 4 rings (SSSR count). The lowest BCUT2D eigenvalue weighted by Gasteiger charge is -2.12. The predicted molar refractivity (Wildman–Crippen MR) is 104 cm³/mol. The minimum Gasteiger partial charge on any atom is -0.496 e. The second-order valence-corrected chi connectivity index (χ2v) is 6.46. The first-order valence-electron chi connectivity index (χ1n) is 8.44. The molecule has 0 spiro atoms. The molecule has 1 heterocycles. The number of methoxy groups -OCH3 is 1. The van der Waals surface area contributed by atoms with Gasteiger partial charge in [-0.1, -0.05) is 42.0 Å². The van der Waals surface area contributed by atoms with Gasteiger partial charge in [-0.15, -0.1) is 0 Å². The molecule has 1 N–H and O–H groups in total. The molecule has 0 saturated heterocycles. The quantitative estimate of drug-likeness (QED) is 0.561. The van der Waals surface area contributed by atoms with E-state index in [4.69, 9.17) is 4.74 Å². The van der Waals surface area contributed by atoms with Crippen molar-refractivity contribution in [3.8, 4) is 11.4 Å². The molecule has 0 saturated carbocycles. The number of aromatic carboxylic acids is 1. The van der Waals surface area contributed by atoms with E-state index >= 15 is 0 Å². The molecule has 0 aliphatic carbocycles. The largest absolute Gasteiger partial charge is 0.496 e. The van der Waals surface area contributed by atoms with Gasteiger partial charge in [0.15, 0.2) is 0 Å². The van der Waals surface area contributed by atoms with E-state index in [1.165, 1.54) is 0 Å². The van der Waals surface area contributed by atoms with Gasteiger partial charge in [0.25, 0.3) is 0 Å². The zero-order valence-corrected chi connectivity index (χ0v) is 14.9. The second-order valence-electron chi connectivity index (χ2n) is 6.46. The van der Waals surface area contributed by atoms with E-state index in [9.17, 15) is 9.90 Å². The van der Waals surface area contributed by atoms with Gasteiger partial charge >= 0.3 is 5.97 Å². The zero-order valence-electron chi connectivity index (χ0n) is 14.9. The normalized spacial score (nSPS) is 11.2. The van der Waals surface area contributed by atoms with Crippen LogP contribution in [0.4, 0.5) is 0 Å². The van der Waals surface area contributed by atoms with Crippen LogP contribution in [0.15, 0.2) is 54.6 Å².